The van der Waals surface area contributed by atoms with Crippen LogP contribution in [0.25, 0.3) is 0 Å². The van der Waals surface area contributed by atoms with Crippen LogP contribution in [0.15, 0.2) is 0 Å². The SMILES string of the molecule is CCC(C)OC(=O)C(C)(C)C(=O)O. The van der Waals surface area contributed by atoms with Crippen LogP contribution in [0.1, 0.15) is 34.1 Å². The van der Waals surface area contributed by atoms with E-state index in [-0.39, 0.29) is 6.10 Å². The third-order valence-electron chi connectivity index (χ3n) is 1.93. The maximum atomic E-state index is 11.3. The molecular formula is C9H16O4. The number of hydrogen-bond acceptors (Lipinski definition) is 3. The van der Waals surface area contributed by atoms with Gasteiger partial charge in [0.2, 0.25) is 0 Å². The first-order valence-corrected chi connectivity index (χ1v) is 4.26. The monoisotopic (exact) mass is 188 g/mol. The Morgan fingerprint density at radius 1 is 1.46 bits per heavy atom. The van der Waals surface area contributed by atoms with Crippen LogP contribution in [-0.2, 0) is 14.3 Å². The molecule has 0 amide bonds. The summed E-state index contributed by atoms with van der Waals surface area (Å²) in [6, 6.07) is 0. The largest absolute Gasteiger partial charge is 0.480 e. The van der Waals surface area contributed by atoms with Crippen LogP contribution in [0.4, 0.5) is 0 Å². The van der Waals surface area contributed by atoms with E-state index in [1.165, 1.54) is 13.8 Å². The predicted octanol–water partition coefficient (Wildman–Crippen LogP) is 1.44. The zero-order chi connectivity index (χ0) is 10.6. The highest BCUT2D eigenvalue weighted by Gasteiger charge is 2.38. The van der Waals surface area contributed by atoms with Gasteiger partial charge in [-0.1, -0.05) is 6.92 Å². The van der Waals surface area contributed by atoms with Crippen LogP contribution < -0.4 is 0 Å². The highest BCUT2D eigenvalue weighted by atomic mass is 16.5. The van der Waals surface area contributed by atoms with Crippen molar-refractivity contribution in [3.05, 3.63) is 0 Å². The molecule has 4 heteroatoms. The molecule has 4 nitrogen and oxygen atoms in total. The Morgan fingerprint density at radius 3 is 2.23 bits per heavy atom. The number of ether oxygens (including phenoxy) is 1. The summed E-state index contributed by atoms with van der Waals surface area (Å²) in [5.41, 5.74) is -1.45. The molecular weight excluding hydrogens is 172 g/mol. The van der Waals surface area contributed by atoms with E-state index in [1.807, 2.05) is 6.92 Å². The molecule has 0 rings (SSSR count). The minimum absolute atomic E-state index is 0.230. The number of carboxylic acid groups (broad SMARTS) is 1. The Balaban J connectivity index is 4.34. The number of carbonyl (C=O) groups is 2. The molecule has 0 bridgehead atoms. The van der Waals surface area contributed by atoms with Gasteiger partial charge in [-0.15, -0.1) is 0 Å². The number of carbonyl (C=O) groups excluding carboxylic acids is 1. The van der Waals surface area contributed by atoms with Gasteiger partial charge in [-0.2, -0.15) is 0 Å². The molecule has 0 spiro atoms. The Hall–Kier alpha value is -1.06. The maximum Gasteiger partial charge on any atom is 0.323 e. The van der Waals surface area contributed by atoms with Gasteiger partial charge in [-0.25, -0.2) is 0 Å². The highest BCUT2D eigenvalue weighted by molar-refractivity contribution is 5.98. The maximum absolute atomic E-state index is 11.3. The number of hydrogen-bond donors (Lipinski definition) is 1. The molecule has 0 aromatic heterocycles. The lowest BCUT2D eigenvalue weighted by molar-refractivity contribution is -0.169. The molecule has 1 atom stereocenters. The molecule has 0 radical (unpaired) electrons. The number of aliphatic carboxylic acids is 1. The second-order valence-electron chi connectivity index (χ2n) is 3.55. The third kappa shape index (κ3) is 3.05. The van der Waals surface area contributed by atoms with E-state index in [9.17, 15) is 9.59 Å². The molecule has 1 N–H and O–H groups in total. The van der Waals surface area contributed by atoms with Gasteiger partial charge in [-0.3, -0.25) is 9.59 Å². The van der Waals surface area contributed by atoms with E-state index < -0.39 is 17.4 Å². The zero-order valence-electron chi connectivity index (χ0n) is 8.46. The van der Waals surface area contributed by atoms with E-state index >= 15 is 0 Å². The summed E-state index contributed by atoms with van der Waals surface area (Å²) < 4.78 is 4.91. The minimum Gasteiger partial charge on any atom is -0.480 e. The van der Waals surface area contributed by atoms with Crippen LogP contribution in [0.3, 0.4) is 0 Å². The normalized spacial score (nSPS) is 13.5. The molecule has 0 aliphatic carbocycles. The summed E-state index contributed by atoms with van der Waals surface area (Å²) in [7, 11) is 0. The van der Waals surface area contributed by atoms with Crippen molar-refractivity contribution in [2.45, 2.75) is 40.2 Å². The quantitative estimate of drug-likeness (QED) is 0.535. The molecule has 0 heterocycles. The fourth-order valence-corrected chi connectivity index (χ4v) is 0.501. The first-order chi connectivity index (χ1) is 5.82. The Kier molecular flexibility index (Phi) is 3.91. The van der Waals surface area contributed by atoms with Crippen molar-refractivity contribution < 1.29 is 19.4 Å². The minimum atomic E-state index is -1.45. The summed E-state index contributed by atoms with van der Waals surface area (Å²) in [5.74, 6) is -1.85. The van der Waals surface area contributed by atoms with E-state index in [0.29, 0.717) is 6.42 Å². The van der Waals surface area contributed by atoms with E-state index in [1.54, 1.807) is 6.92 Å². The van der Waals surface area contributed by atoms with Crippen LogP contribution >= 0.6 is 0 Å². The van der Waals surface area contributed by atoms with Crippen molar-refractivity contribution in [2.24, 2.45) is 5.41 Å². The molecule has 0 aliphatic heterocycles. The lowest BCUT2D eigenvalue weighted by Crippen LogP contribution is -2.36. The van der Waals surface area contributed by atoms with Crippen molar-refractivity contribution in [2.75, 3.05) is 0 Å². The van der Waals surface area contributed by atoms with E-state index in [4.69, 9.17) is 9.84 Å². The van der Waals surface area contributed by atoms with Gasteiger partial charge in [0.1, 0.15) is 0 Å². The van der Waals surface area contributed by atoms with Crippen LogP contribution in [0.2, 0.25) is 0 Å². The van der Waals surface area contributed by atoms with Crippen molar-refractivity contribution in [1.82, 2.24) is 0 Å². The Labute approximate surface area is 77.9 Å². The number of carboxylic acids is 1. The molecule has 0 aromatic carbocycles. The van der Waals surface area contributed by atoms with Gasteiger partial charge in [0.15, 0.2) is 5.41 Å². The van der Waals surface area contributed by atoms with Crippen LogP contribution in [0.5, 0.6) is 0 Å². The van der Waals surface area contributed by atoms with Gasteiger partial charge in [0.05, 0.1) is 6.10 Å². The van der Waals surface area contributed by atoms with Gasteiger partial charge in [0, 0.05) is 0 Å². The molecule has 0 saturated carbocycles. The van der Waals surface area contributed by atoms with Crippen molar-refractivity contribution >= 4 is 11.9 Å². The van der Waals surface area contributed by atoms with Crippen molar-refractivity contribution in [3.8, 4) is 0 Å². The van der Waals surface area contributed by atoms with Gasteiger partial charge >= 0.3 is 11.9 Å². The molecule has 0 fully saturated rings. The fraction of sp³-hybridized carbons (Fsp3) is 0.778. The first-order valence-electron chi connectivity index (χ1n) is 4.26. The second-order valence-corrected chi connectivity index (χ2v) is 3.55. The zero-order valence-corrected chi connectivity index (χ0v) is 8.46. The molecule has 0 aliphatic rings. The van der Waals surface area contributed by atoms with Gasteiger partial charge < -0.3 is 9.84 Å². The number of esters is 1. The summed E-state index contributed by atoms with van der Waals surface area (Å²) in [4.78, 5) is 21.9. The lowest BCUT2D eigenvalue weighted by atomic mass is 9.94. The third-order valence-corrected chi connectivity index (χ3v) is 1.93. The topological polar surface area (TPSA) is 63.6 Å². The fourth-order valence-electron chi connectivity index (χ4n) is 0.501. The van der Waals surface area contributed by atoms with Gasteiger partial charge in [-0.05, 0) is 27.2 Å². The summed E-state index contributed by atoms with van der Waals surface area (Å²) in [6.45, 7) is 6.27. The van der Waals surface area contributed by atoms with Crippen molar-refractivity contribution in [3.63, 3.8) is 0 Å². The summed E-state index contributed by atoms with van der Waals surface area (Å²) in [6.07, 6.45) is 0.452. The summed E-state index contributed by atoms with van der Waals surface area (Å²) in [5, 5.41) is 8.70. The average Bonchev–Trinajstić information content (AvgIpc) is 2.03. The molecule has 0 aromatic rings. The smallest absolute Gasteiger partial charge is 0.323 e. The predicted molar refractivity (Wildman–Crippen MR) is 47.3 cm³/mol. The molecule has 76 valence electrons. The van der Waals surface area contributed by atoms with Crippen LogP contribution in [-0.4, -0.2) is 23.1 Å². The standard InChI is InChI=1S/C9H16O4/c1-5-6(2)13-8(12)9(3,4)7(10)11/h6H,5H2,1-4H3,(H,10,11). The van der Waals surface area contributed by atoms with E-state index in [0.717, 1.165) is 0 Å². The Morgan fingerprint density at radius 2 is 1.92 bits per heavy atom. The molecule has 1 unspecified atom stereocenters. The first kappa shape index (κ1) is 11.9. The van der Waals surface area contributed by atoms with Gasteiger partial charge in [0.25, 0.3) is 0 Å². The molecule has 13 heavy (non-hydrogen) atoms. The summed E-state index contributed by atoms with van der Waals surface area (Å²) >= 11 is 0. The van der Waals surface area contributed by atoms with Crippen molar-refractivity contribution in [1.29, 1.82) is 0 Å². The Bertz CT molecular complexity index is 208. The second kappa shape index (κ2) is 4.25. The van der Waals surface area contributed by atoms with Crippen LogP contribution in [0, 0.1) is 5.41 Å². The molecule has 0 saturated heterocycles. The van der Waals surface area contributed by atoms with E-state index in [2.05, 4.69) is 0 Å². The number of rotatable bonds is 4. The average molecular weight is 188 g/mol. The lowest BCUT2D eigenvalue weighted by Gasteiger charge is -2.20. The highest BCUT2D eigenvalue weighted by Crippen LogP contribution is 2.18.